The van der Waals surface area contributed by atoms with Crippen LogP contribution in [-0.4, -0.2) is 32.9 Å². The first-order valence-electron chi connectivity index (χ1n) is 8.53. The Morgan fingerprint density at radius 2 is 1.96 bits per heavy atom. The number of hydrogen-bond donors (Lipinski definition) is 1. The van der Waals surface area contributed by atoms with Crippen molar-refractivity contribution in [2.75, 3.05) is 6.61 Å². The number of nitrogens with one attached hydrogen (secondary N) is 1. The molecule has 0 radical (unpaired) electrons. The summed E-state index contributed by atoms with van der Waals surface area (Å²) in [4.78, 5) is 43.9. The first-order chi connectivity index (χ1) is 13.3. The normalized spacial score (nSPS) is 10.9. The fourth-order valence-electron chi connectivity index (χ4n) is 2.88. The maximum Gasteiger partial charge on any atom is 0.355 e. The Labute approximate surface area is 168 Å². The van der Waals surface area contributed by atoms with Crippen LogP contribution < -0.4 is 5.56 Å². The number of rotatable bonds is 5. The summed E-state index contributed by atoms with van der Waals surface area (Å²) in [5.41, 5.74) is 1.94. The van der Waals surface area contributed by atoms with Crippen molar-refractivity contribution in [1.29, 1.82) is 0 Å². The quantitative estimate of drug-likeness (QED) is 0.603. The number of hydrogen-bond acceptors (Lipinski definition) is 6. The fraction of sp³-hybridized carbons (Fsp3) is 0.263. The predicted molar refractivity (Wildman–Crippen MR) is 105 cm³/mol. The Morgan fingerprint density at radius 3 is 2.68 bits per heavy atom. The Bertz CT molecular complexity index is 1130. The van der Waals surface area contributed by atoms with Crippen molar-refractivity contribution in [2.45, 2.75) is 27.4 Å². The van der Waals surface area contributed by atoms with Gasteiger partial charge in [-0.05, 0) is 54.4 Å². The molecule has 0 aliphatic heterocycles. The zero-order valence-electron chi connectivity index (χ0n) is 15.5. The van der Waals surface area contributed by atoms with E-state index >= 15 is 0 Å². The Morgan fingerprint density at radius 1 is 1.21 bits per heavy atom. The van der Waals surface area contributed by atoms with E-state index in [1.807, 2.05) is 0 Å². The lowest BCUT2D eigenvalue weighted by molar-refractivity contribution is 0.0466. The van der Waals surface area contributed by atoms with Crippen molar-refractivity contribution in [3.8, 4) is 0 Å². The maximum absolute atomic E-state index is 12.5. The summed E-state index contributed by atoms with van der Waals surface area (Å²) in [6.45, 7) is 5.08. The first-order valence-corrected chi connectivity index (χ1v) is 9.32. The Hall–Kier alpha value is -2.94. The average molecular weight is 448 g/mol. The molecule has 0 atom stereocenters. The van der Waals surface area contributed by atoms with Gasteiger partial charge in [-0.15, -0.1) is 0 Å². The lowest BCUT2D eigenvalue weighted by Gasteiger charge is -2.07. The second-order valence-electron chi connectivity index (χ2n) is 6.08. The zero-order chi connectivity index (χ0) is 20.4. The summed E-state index contributed by atoms with van der Waals surface area (Å²) in [6.07, 6.45) is 1.61. The highest BCUT2D eigenvalue weighted by molar-refractivity contribution is 9.10. The number of halogens is 1. The summed E-state index contributed by atoms with van der Waals surface area (Å²) >= 11 is 3.30. The van der Waals surface area contributed by atoms with E-state index in [4.69, 9.17) is 9.47 Å². The summed E-state index contributed by atoms with van der Waals surface area (Å²) in [7, 11) is 0. The van der Waals surface area contributed by atoms with Gasteiger partial charge < -0.3 is 14.5 Å². The minimum absolute atomic E-state index is 0.167. The van der Waals surface area contributed by atoms with Gasteiger partial charge in [-0.25, -0.2) is 14.6 Å². The van der Waals surface area contributed by atoms with Gasteiger partial charge in [-0.3, -0.25) is 9.20 Å². The van der Waals surface area contributed by atoms with Gasteiger partial charge in [0.25, 0.3) is 5.56 Å². The van der Waals surface area contributed by atoms with E-state index in [-0.39, 0.29) is 30.0 Å². The third kappa shape index (κ3) is 3.84. The predicted octanol–water partition coefficient (Wildman–Crippen LogP) is 2.94. The van der Waals surface area contributed by atoms with E-state index < -0.39 is 11.9 Å². The third-order valence-electron chi connectivity index (χ3n) is 4.15. The largest absolute Gasteiger partial charge is 0.461 e. The molecule has 0 saturated heterocycles. The van der Waals surface area contributed by atoms with Crippen molar-refractivity contribution in [3.63, 3.8) is 0 Å². The molecule has 3 aromatic rings. The van der Waals surface area contributed by atoms with Crippen molar-refractivity contribution < 1.29 is 19.1 Å². The number of pyridine rings is 1. The minimum Gasteiger partial charge on any atom is -0.461 e. The number of aromatic nitrogens is 3. The van der Waals surface area contributed by atoms with Crippen LogP contribution in [-0.2, 0) is 16.1 Å². The molecule has 0 aliphatic carbocycles. The van der Waals surface area contributed by atoms with Crippen LogP contribution in [0.1, 0.15) is 44.7 Å². The molecule has 0 spiro atoms. The molecule has 0 aromatic carbocycles. The molecule has 0 unspecified atom stereocenters. The van der Waals surface area contributed by atoms with Gasteiger partial charge in [0, 0.05) is 22.4 Å². The van der Waals surface area contributed by atoms with Gasteiger partial charge in [-0.1, -0.05) is 0 Å². The Balaban J connectivity index is 1.81. The molecule has 0 amide bonds. The topological polar surface area (TPSA) is 103 Å². The highest BCUT2D eigenvalue weighted by Gasteiger charge is 2.24. The number of H-pyrrole nitrogens is 1. The van der Waals surface area contributed by atoms with Crippen molar-refractivity contribution >= 4 is 33.5 Å². The van der Waals surface area contributed by atoms with E-state index in [1.54, 1.807) is 39.1 Å². The number of esters is 2. The SMILES string of the molecule is CCOC(=O)c1[nH]c(C)c(C(=O)OCc2cc(=O)n3cc(Br)ccc3n2)c1C. The molecule has 0 fully saturated rings. The van der Waals surface area contributed by atoms with Gasteiger partial charge in [0.1, 0.15) is 17.9 Å². The summed E-state index contributed by atoms with van der Waals surface area (Å²) in [5.74, 6) is -1.14. The molecule has 0 aliphatic rings. The number of aromatic amines is 1. The third-order valence-corrected chi connectivity index (χ3v) is 4.62. The Kier molecular flexibility index (Phi) is 5.64. The number of fused-ring (bicyclic) bond motifs is 1. The van der Waals surface area contributed by atoms with E-state index in [0.29, 0.717) is 22.6 Å². The molecule has 1 N–H and O–H groups in total. The van der Waals surface area contributed by atoms with Gasteiger partial charge in [0.15, 0.2) is 0 Å². The van der Waals surface area contributed by atoms with Crippen LogP contribution >= 0.6 is 15.9 Å². The van der Waals surface area contributed by atoms with Crippen LogP contribution in [0.15, 0.2) is 33.7 Å². The standard InChI is InChI=1S/C19H18BrN3O5/c1-4-27-19(26)17-10(2)16(11(3)21-17)18(25)28-9-13-7-15(24)23-8-12(20)5-6-14(23)22-13/h5-8,21H,4,9H2,1-3H3. The molecule has 9 heteroatoms. The molecule has 0 bridgehead atoms. The molecule has 3 heterocycles. The number of aryl methyl sites for hydroxylation is 1. The average Bonchev–Trinajstić information content (AvgIpc) is 2.95. The summed E-state index contributed by atoms with van der Waals surface area (Å²) in [5, 5.41) is 0. The molecule has 3 rings (SSSR count). The fourth-order valence-corrected chi connectivity index (χ4v) is 3.21. The summed E-state index contributed by atoms with van der Waals surface area (Å²) in [6, 6.07) is 4.76. The number of nitrogens with zero attached hydrogens (tertiary/aromatic N) is 2. The van der Waals surface area contributed by atoms with Crippen LogP contribution in [0.2, 0.25) is 0 Å². The highest BCUT2D eigenvalue weighted by atomic mass is 79.9. The van der Waals surface area contributed by atoms with Crippen LogP contribution in [0.3, 0.4) is 0 Å². The highest BCUT2D eigenvalue weighted by Crippen LogP contribution is 2.20. The van der Waals surface area contributed by atoms with E-state index in [1.165, 1.54) is 10.5 Å². The summed E-state index contributed by atoms with van der Waals surface area (Å²) < 4.78 is 12.4. The van der Waals surface area contributed by atoms with Crippen LogP contribution in [0.4, 0.5) is 0 Å². The van der Waals surface area contributed by atoms with Gasteiger partial charge in [-0.2, -0.15) is 0 Å². The molecular weight excluding hydrogens is 430 g/mol. The number of carbonyl (C=O) groups is 2. The number of carbonyl (C=O) groups excluding carboxylic acids is 2. The molecular formula is C19H18BrN3O5. The van der Waals surface area contributed by atoms with Crippen LogP contribution in [0, 0.1) is 13.8 Å². The molecule has 3 aromatic heterocycles. The lowest BCUT2D eigenvalue weighted by atomic mass is 10.1. The number of ether oxygens (including phenoxy) is 2. The molecule has 8 nitrogen and oxygen atoms in total. The lowest BCUT2D eigenvalue weighted by Crippen LogP contribution is -2.17. The van der Waals surface area contributed by atoms with E-state index in [9.17, 15) is 14.4 Å². The van der Waals surface area contributed by atoms with Gasteiger partial charge in [0.2, 0.25) is 0 Å². The smallest absolute Gasteiger partial charge is 0.355 e. The monoisotopic (exact) mass is 447 g/mol. The van der Waals surface area contributed by atoms with Crippen molar-refractivity contribution in [1.82, 2.24) is 14.4 Å². The zero-order valence-corrected chi connectivity index (χ0v) is 17.1. The second-order valence-corrected chi connectivity index (χ2v) is 7.00. The van der Waals surface area contributed by atoms with Gasteiger partial charge >= 0.3 is 11.9 Å². The molecule has 0 saturated carbocycles. The van der Waals surface area contributed by atoms with Crippen molar-refractivity contribution in [3.05, 3.63) is 67.4 Å². The molecule has 28 heavy (non-hydrogen) atoms. The van der Waals surface area contributed by atoms with Gasteiger partial charge in [0.05, 0.1) is 17.9 Å². The van der Waals surface area contributed by atoms with E-state index in [2.05, 4.69) is 25.9 Å². The first kappa shape index (κ1) is 19.8. The maximum atomic E-state index is 12.5. The molecule has 146 valence electrons. The second kappa shape index (κ2) is 7.97. The van der Waals surface area contributed by atoms with Crippen LogP contribution in [0.5, 0.6) is 0 Å². The van der Waals surface area contributed by atoms with Crippen LogP contribution in [0.25, 0.3) is 5.65 Å². The van der Waals surface area contributed by atoms with E-state index in [0.717, 1.165) is 4.47 Å². The minimum atomic E-state index is -0.611. The van der Waals surface area contributed by atoms with Crippen molar-refractivity contribution in [2.24, 2.45) is 0 Å².